The van der Waals surface area contributed by atoms with Gasteiger partial charge in [0, 0.05) is 0 Å². The largest absolute Gasteiger partial charge is 0.467 e. The molecule has 20 heteroatoms. The number of rotatable bonds is 10. The molecule has 336 valence electrons. The summed E-state index contributed by atoms with van der Waals surface area (Å²) in [6, 6.07) is 8.92. The molecule has 0 aromatic heterocycles. The summed E-state index contributed by atoms with van der Waals surface area (Å²) in [6.07, 6.45) is -0.958. The van der Waals surface area contributed by atoms with Crippen LogP contribution < -0.4 is 21.3 Å². The van der Waals surface area contributed by atoms with Gasteiger partial charge in [-0.05, 0) is 74.8 Å². The highest BCUT2D eigenvalue weighted by molar-refractivity contribution is 6.01. The molecule has 0 radical (unpaired) electrons. The number of carbonyl (C=O) groups is 6. The van der Waals surface area contributed by atoms with Gasteiger partial charge in [0.2, 0.25) is 0 Å². The van der Waals surface area contributed by atoms with Crippen LogP contribution in [-0.4, -0.2) is 141 Å². The fraction of sp³-hybridized carbons (Fsp3) is 0.700. The van der Waals surface area contributed by atoms with Crippen molar-refractivity contribution in [1.29, 1.82) is 0 Å². The summed E-state index contributed by atoms with van der Waals surface area (Å²) in [7, 11) is 1.15. The van der Waals surface area contributed by atoms with E-state index in [1.807, 2.05) is 6.07 Å². The molecule has 1 aromatic carbocycles. The molecular weight excluding hydrogens is 792 g/mol. The number of carbonyl (C=O) groups excluding carboxylic acids is 6. The number of benzene rings is 1. The van der Waals surface area contributed by atoms with Crippen molar-refractivity contribution in [2.75, 3.05) is 60.0 Å². The van der Waals surface area contributed by atoms with E-state index in [1.165, 1.54) is 13.8 Å². The Hall–Kier alpha value is -4.28. The Labute approximate surface area is 349 Å². The first-order chi connectivity index (χ1) is 27.7. The highest BCUT2D eigenvalue weighted by Crippen LogP contribution is 2.31. The van der Waals surface area contributed by atoms with Crippen molar-refractivity contribution in [1.82, 2.24) is 21.3 Å². The normalized spacial score (nSPS) is 23.7. The van der Waals surface area contributed by atoms with E-state index in [0.717, 1.165) is 7.11 Å². The van der Waals surface area contributed by atoms with E-state index in [1.54, 1.807) is 79.7 Å². The molecule has 4 aliphatic rings. The molecule has 0 spiro atoms. The van der Waals surface area contributed by atoms with Gasteiger partial charge in [-0.3, -0.25) is 14.4 Å². The fourth-order valence-electron chi connectivity index (χ4n) is 5.89. The lowest BCUT2D eigenvalue weighted by Gasteiger charge is -2.49. The Bertz CT molecular complexity index is 1700. The fourth-order valence-corrected chi connectivity index (χ4v) is 5.89. The first kappa shape index (κ1) is 48.4. The van der Waals surface area contributed by atoms with E-state index in [-0.39, 0.29) is 38.8 Å². The van der Waals surface area contributed by atoms with Crippen LogP contribution in [0.4, 0.5) is 4.79 Å². The van der Waals surface area contributed by atoms with Gasteiger partial charge in [0.1, 0.15) is 12.4 Å². The molecule has 4 N–H and O–H groups in total. The van der Waals surface area contributed by atoms with E-state index in [4.69, 9.17) is 47.4 Å². The van der Waals surface area contributed by atoms with Crippen LogP contribution in [0.2, 0.25) is 0 Å². The lowest BCUT2D eigenvalue weighted by atomic mass is 9.90. The molecule has 20 nitrogen and oxygen atoms in total. The monoisotopic (exact) mass is 852 g/mol. The van der Waals surface area contributed by atoms with Crippen LogP contribution in [0.3, 0.4) is 0 Å². The maximum Gasteiger partial charge on any atom is 0.408 e. The van der Waals surface area contributed by atoms with Gasteiger partial charge in [0.15, 0.2) is 45.3 Å². The van der Waals surface area contributed by atoms with Gasteiger partial charge < -0.3 is 73.4 Å². The molecule has 0 bridgehead atoms. The average Bonchev–Trinajstić information content (AvgIpc) is 3.17. The summed E-state index contributed by atoms with van der Waals surface area (Å²) in [6.45, 7) is 12.8. The lowest BCUT2D eigenvalue weighted by Crippen LogP contribution is -2.79. The quantitative estimate of drug-likeness (QED) is 0.241. The van der Waals surface area contributed by atoms with E-state index in [0.29, 0.717) is 5.56 Å². The van der Waals surface area contributed by atoms with Crippen molar-refractivity contribution in [3.8, 4) is 0 Å². The number of methoxy groups -OCH3 is 1. The Kier molecular flexibility index (Phi) is 14.8. The van der Waals surface area contributed by atoms with Crippen LogP contribution in [0.5, 0.6) is 0 Å². The predicted molar refractivity (Wildman–Crippen MR) is 207 cm³/mol. The third kappa shape index (κ3) is 12.2. The Morgan fingerprint density at radius 3 is 1.10 bits per heavy atom. The lowest BCUT2D eigenvalue weighted by molar-refractivity contribution is -0.279. The molecule has 4 saturated heterocycles. The number of ketones is 1. The smallest absolute Gasteiger partial charge is 0.408 e. The maximum absolute atomic E-state index is 14.7. The Morgan fingerprint density at radius 1 is 0.500 bits per heavy atom. The molecular formula is C40H60N4O16. The molecule has 4 amide bonds. The SMILES string of the molecule is CC(C)=O.COC(=O)C1(NC(=O)C2(NC(=O)C3(NC(=O)C4(NC(=O)OCc5ccccc5)COC(C)(C)OC4)COC(C)(C)OC3)COC(C)(C)OC2)COC(C)(C)OC1. The Morgan fingerprint density at radius 2 is 0.783 bits per heavy atom. The van der Waals surface area contributed by atoms with Crippen LogP contribution in [-0.2, 0) is 77.9 Å². The number of ether oxygens (including phenoxy) is 10. The van der Waals surface area contributed by atoms with Gasteiger partial charge in [0.25, 0.3) is 17.7 Å². The molecule has 0 aliphatic carbocycles. The van der Waals surface area contributed by atoms with Crippen LogP contribution in [0.1, 0.15) is 74.8 Å². The summed E-state index contributed by atoms with van der Waals surface area (Å²) < 4.78 is 57.2. The number of hydrogen-bond acceptors (Lipinski definition) is 16. The summed E-state index contributed by atoms with van der Waals surface area (Å²) in [4.78, 5) is 79.5. The maximum atomic E-state index is 14.7. The van der Waals surface area contributed by atoms with Crippen molar-refractivity contribution in [3.05, 3.63) is 35.9 Å². The second-order valence-corrected chi connectivity index (χ2v) is 17.2. The van der Waals surface area contributed by atoms with Gasteiger partial charge in [-0.25, -0.2) is 9.59 Å². The van der Waals surface area contributed by atoms with Crippen LogP contribution in [0, 0.1) is 0 Å². The van der Waals surface area contributed by atoms with Crippen LogP contribution in [0.15, 0.2) is 30.3 Å². The van der Waals surface area contributed by atoms with Crippen molar-refractivity contribution in [3.63, 3.8) is 0 Å². The van der Waals surface area contributed by atoms with Gasteiger partial charge in [-0.2, -0.15) is 0 Å². The zero-order chi connectivity index (χ0) is 44.8. The minimum absolute atomic E-state index is 0.0982. The molecule has 0 unspecified atom stereocenters. The van der Waals surface area contributed by atoms with E-state index < -0.39 is 102 Å². The van der Waals surface area contributed by atoms with Crippen molar-refractivity contribution < 1.29 is 76.1 Å². The van der Waals surface area contributed by atoms with E-state index >= 15 is 0 Å². The zero-order valence-electron chi connectivity index (χ0n) is 36.3. The van der Waals surface area contributed by atoms with Crippen LogP contribution >= 0.6 is 0 Å². The highest BCUT2D eigenvalue weighted by Gasteiger charge is 2.58. The van der Waals surface area contributed by atoms with Gasteiger partial charge in [0.05, 0.1) is 60.0 Å². The van der Waals surface area contributed by atoms with Crippen molar-refractivity contribution in [2.45, 2.75) is 121 Å². The third-order valence-corrected chi connectivity index (χ3v) is 9.82. The average molecular weight is 853 g/mol. The summed E-state index contributed by atoms with van der Waals surface area (Å²) in [5.74, 6) is -7.98. The summed E-state index contributed by atoms with van der Waals surface area (Å²) in [5.41, 5.74) is -7.08. The third-order valence-electron chi connectivity index (χ3n) is 9.82. The number of nitrogens with one attached hydrogen (secondary N) is 4. The standard InChI is InChI=1S/C37H54N4O15.C3H6O/c1-30(2)49-16-34(17-50-30,39-27(44)36(20-53-32(5,6)54-21-36)41-29(46)48-15-24-13-11-10-12-14-24)25(42)38-35(18-51-31(3,4)52-19-35)26(43)40-37(28(45)47-9)22-55-33(7,8)56-23-37;1-3(2)4/h10-14H,15-23H2,1-9H3,(H,38,42)(H,39,44)(H,40,43)(H,41,46);1-2H3. The summed E-state index contributed by atoms with van der Waals surface area (Å²) in [5, 5.41) is 10.7. The minimum Gasteiger partial charge on any atom is -0.467 e. The van der Waals surface area contributed by atoms with Gasteiger partial charge in [-0.15, -0.1) is 0 Å². The first-order valence-corrected chi connectivity index (χ1v) is 19.4. The second kappa shape index (κ2) is 18.4. The molecule has 5 rings (SSSR count). The first-order valence-electron chi connectivity index (χ1n) is 19.4. The zero-order valence-corrected chi connectivity index (χ0v) is 36.3. The minimum atomic E-state index is -2.04. The molecule has 4 aliphatic heterocycles. The molecule has 0 saturated carbocycles. The second-order valence-electron chi connectivity index (χ2n) is 17.2. The highest BCUT2D eigenvalue weighted by atomic mass is 16.7. The molecule has 4 heterocycles. The van der Waals surface area contributed by atoms with Gasteiger partial charge >= 0.3 is 12.1 Å². The topological polar surface area (TPSA) is 243 Å². The molecule has 1 aromatic rings. The molecule has 0 atom stereocenters. The summed E-state index contributed by atoms with van der Waals surface area (Å²) >= 11 is 0. The Balaban J connectivity index is 0.00000190. The predicted octanol–water partition coefficient (Wildman–Crippen LogP) is 1.12. The van der Waals surface area contributed by atoms with Gasteiger partial charge in [-0.1, -0.05) is 30.3 Å². The number of hydrogen-bond donors (Lipinski definition) is 4. The van der Waals surface area contributed by atoms with Crippen LogP contribution in [0.25, 0.3) is 0 Å². The number of amides is 4. The van der Waals surface area contributed by atoms with E-state index in [2.05, 4.69) is 21.3 Å². The van der Waals surface area contributed by atoms with Crippen molar-refractivity contribution >= 4 is 35.6 Å². The molecule has 60 heavy (non-hydrogen) atoms. The number of esters is 1. The number of alkyl carbamates (subject to hydrolysis) is 1. The van der Waals surface area contributed by atoms with E-state index in [9.17, 15) is 28.8 Å². The number of Topliss-reactive ketones (excluding diaryl/α,β-unsaturated/α-hetero) is 1. The van der Waals surface area contributed by atoms with Crippen molar-refractivity contribution in [2.24, 2.45) is 0 Å². The molecule has 4 fully saturated rings.